The van der Waals surface area contributed by atoms with Crippen LogP contribution in [0.3, 0.4) is 0 Å². The maximum atomic E-state index is 6.19. The number of fused-ring (bicyclic) bond motifs is 4. The summed E-state index contributed by atoms with van der Waals surface area (Å²) in [7, 11) is 0. The second kappa shape index (κ2) is 4.46. The van der Waals surface area contributed by atoms with E-state index in [1.54, 1.807) is 6.20 Å². The van der Waals surface area contributed by atoms with Crippen molar-refractivity contribution >= 4 is 10.8 Å². The van der Waals surface area contributed by atoms with Crippen LogP contribution in [0.5, 0.6) is 5.88 Å². The van der Waals surface area contributed by atoms with Crippen LogP contribution in [-0.4, -0.2) is 40.8 Å². The van der Waals surface area contributed by atoms with Crippen molar-refractivity contribution in [3.05, 3.63) is 30.5 Å². The molecule has 0 amide bonds. The minimum Gasteiger partial charge on any atom is -0.471 e. The Balaban J connectivity index is 1.65. The van der Waals surface area contributed by atoms with Crippen molar-refractivity contribution in [3.63, 3.8) is 0 Å². The Bertz CT molecular complexity index is 587. The highest BCUT2D eigenvalue weighted by Crippen LogP contribution is 2.31. The van der Waals surface area contributed by atoms with Crippen molar-refractivity contribution in [1.82, 2.24) is 15.1 Å². The normalized spacial score (nSPS) is 29.6. The number of benzene rings is 1. The van der Waals surface area contributed by atoms with Gasteiger partial charge in [-0.2, -0.15) is 5.10 Å². The molecule has 2 aromatic rings. The van der Waals surface area contributed by atoms with Crippen LogP contribution in [-0.2, 0) is 0 Å². The second-order valence-electron chi connectivity index (χ2n) is 5.53. The van der Waals surface area contributed by atoms with E-state index in [-0.39, 0.29) is 6.10 Å². The fourth-order valence-corrected chi connectivity index (χ4v) is 3.28. The van der Waals surface area contributed by atoms with E-state index in [0.29, 0.717) is 11.8 Å². The van der Waals surface area contributed by atoms with Crippen molar-refractivity contribution in [1.29, 1.82) is 0 Å². The van der Waals surface area contributed by atoms with E-state index in [1.165, 1.54) is 25.9 Å². The summed E-state index contributed by atoms with van der Waals surface area (Å²) >= 11 is 0. The van der Waals surface area contributed by atoms with Gasteiger partial charge in [0, 0.05) is 17.3 Å². The summed E-state index contributed by atoms with van der Waals surface area (Å²) in [6.07, 6.45) is 4.58. The first-order valence-electron chi connectivity index (χ1n) is 6.99. The molecule has 4 nitrogen and oxygen atoms in total. The van der Waals surface area contributed by atoms with E-state index in [1.807, 2.05) is 18.2 Å². The second-order valence-corrected chi connectivity index (χ2v) is 5.53. The highest BCUT2D eigenvalue weighted by Gasteiger charge is 2.35. The zero-order chi connectivity index (χ0) is 12.7. The highest BCUT2D eigenvalue weighted by molar-refractivity contribution is 5.85. The molecule has 5 rings (SSSR count). The Hall–Kier alpha value is -1.68. The van der Waals surface area contributed by atoms with E-state index in [4.69, 9.17) is 4.74 Å². The molecule has 0 radical (unpaired) electrons. The maximum absolute atomic E-state index is 6.19. The van der Waals surface area contributed by atoms with Gasteiger partial charge < -0.3 is 4.74 Å². The molecule has 4 heterocycles. The third-order valence-corrected chi connectivity index (χ3v) is 4.40. The van der Waals surface area contributed by atoms with Crippen LogP contribution < -0.4 is 4.74 Å². The molecule has 0 N–H and O–H groups in total. The van der Waals surface area contributed by atoms with Gasteiger partial charge in [0.15, 0.2) is 0 Å². The predicted octanol–water partition coefficient (Wildman–Crippen LogP) is 2.10. The third-order valence-electron chi connectivity index (χ3n) is 4.40. The lowest BCUT2D eigenvalue weighted by molar-refractivity contribution is -0.00952. The quantitative estimate of drug-likeness (QED) is 0.823. The highest BCUT2D eigenvalue weighted by atomic mass is 16.5. The number of rotatable bonds is 2. The Morgan fingerprint density at radius 3 is 2.79 bits per heavy atom. The van der Waals surface area contributed by atoms with Crippen molar-refractivity contribution in [3.8, 4) is 5.88 Å². The molecule has 98 valence electrons. The van der Waals surface area contributed by atoms with Crippen LogP contribution in [0.1, 0.15) is 12.8 Å². The summed E-state index contributed by atoms with van der Waals surface area (Å²) in [5.41, 5.74) is 0. The molecule has 0 saturated carbocycles. The SMILES string of the molecule is c1ccc2c(OC3CN4CCC3CC4)nncc2c1. The minimum absolute atomic E-state index is 0.280. The standard InChI is InChI=1S/C15H17N3O/c1-2-4-13-12(3-1)9-16-17-15(13)19-14-10-18-7-5-11(14)6-8-18/h1-4,9,11,14H,5-8,10H2. The molecule has 3 fully saturated rings. The summed E-state index contributed by atoms with van der Waals surface area (Å²) in [5.74, 6) is 1.38. The molecule has 3 saturated heterocycles. The van der Waals surface area contributed by atoms with Crippen LogP contribution in [0.25, 0.3) is 10.8 Å². The lowest BCUT2D eigenvalue weighted by Gasteiger charge is -2.44. The predicted molar refractivity (Wildman–Crippen MR) is 73.1 cm³/mol. The molecule has 4 heteroatoms. The fraction of sp³-hybridized carbons (Fsp3) is 0.467. The third kappa shape index (κ3) is 1.96. The van der Waals surface area contributed by atoms with Crippen molar-refractivity contribution in [2.45, 2.75) is 18.9 Å². The summed E-state index contributed by atoms with van der Waals surface area (Å²) in [6.45, 7) is 3.49. The van der Waals surface area contributed by atoms with Gasteiger partial charge in [0.25, 0.3) is 0 Å². The number of aromatic nitrogens is 2. The van der Waals surface area contributed by atoms with E-state index < -0.39 is 0 Å². The van der Waals surface area contributed by atoms with Crippen LogP contribution in [0.4, 0.5) is 0 Å². The fourth-order valence-electron chi connectivity index (χ4n) is 3.28. The summed E-state index contributed by atoms with van der Waals surface area (Å²) in [5, 5.41) is 10.4. The molecule has 1 unspecified atom stereocenters. The summed E-state index contributed by atoms with van der Waals surface area (Å²) < 4.78 is 6.19. The minimum atomic E-state index is 0.280. The van der Waals surface area contributed by atoms with Gasteiger partial charge >= 0.3 is 0 Å². The van der Waals surface area contributed by atoms with Crippen LogP contribution in [0, 0.1) is 5.92 Å². The molecule has 3 aliphatic heterocycles. The Kier molecular flexibility index (Phi) is 2.62. The lowest BCUT2D eigenvalue weighted by atomic mass is 9.86. The van der Waals surface area contributed by atoms with Gasteiger partial charge in [0.05, 0.1) is 6.20 Å². The number of hydrogen-bond donors (Lipinski definition) is 0. The van der Waals surface area contributed by atoms with Crippen molar-refractivity contribution < 1.29 is 4.74 Å². The topological polar surface area (TPSA) is 38.2 Å². The molecular formula is C15H17N3O. The number of hydrogen-bond acceptors (Lipinski definition) is 4. The monoisotopic (exact) mass is 255 g/mol. The Labute approximate surface area is 112 Å². The van der Waals surface area contributed by atoms with E-state index in [2.05, 4.69) is 21.2 Å². The smallest absolute Gasteiger partial charge is 0.241 e. The molecule has 19 heavy (non-hydrogen) atoms. The van der Waals surface area contributed by atoms with E-state index >= 15 is 0 Å². The Morgan fingerprint density at radius 2 is 2.00 bits per heavy atom. The molecule has 1 aromatic heterocycles. The van der Waals surface area contributed by atoms with Crippen molar-refractivity contribution in [2.75, 3.05) is 19.6 Å². The summed E-state index contributed by atoms with van der Waals surface area (Å²) in [4.78, 5) is 2.49. The van der Waals surface area contributed by atoms with Crippen LogP contribution >= 0.6 is 0 Å². The number of ether oxygens (including phenoxy) is 1. The molecule has 2 bridgehead atoms. The average molecular weight is 255 g/mol. The van der Waals surface area contributed by atoms with Crippen LogP contribution in [0.15, 0.2) is 30.5 Å². The first-order chi connectivity index (χ1) is 9.40. The molecule has 1 aromatic carbocycles. The largest absolute Gasteiger partial charge is 0.471 e. The first kappa shape index (κ1) is 11.2. The lowest BCUT2D eigenvalue weighted by Crippen LogP contribution is -2.52. The molecule has 3 aliphatic rings. The first-order valence-corrected chi connectivity index (χ1v) is 6.99. The van der Waals surface area contributed by atoms with Crippen LogP contribution in [0.2, 0.25) is 0 Å². The molecule has 1 atom stereocenters. The van der Waals surface area contributed by atoms with Gasteiger partial charge in [-0.1, -0.05) is 18.2 Å². The van der Waals surface area contributed by atoms with Crippen molar-refractivity contribution in [2.24, 2.45) is 5.92 Å². The van der Waals surface area contributed by atoms with Gasteiger partial charge in [0.2, 0.25) is 5.88 Å². The maximum Gasteiger partial charge on any atom is 0.241 e. The van der Waals surface area contributed by atoms with Gasteiger partial charge in [0.1, 0.15) is 6.10 Å². The number of nitrogens with zero attached hydrogens (tertiary/aromatic N) is 3. The zero-order valence-corrected chi connectivity index (χ0v) is 10.8. The molecular weight excluding hydrogens is 238 g/mol. The van der Waals surface area contributed by atoms with E-state index in [9.17, 15) is 0 Å². The van der Waals surface area contributed by atoms with Gasteiger partial charge in [-0.25, -0.2) is 0 Å². The summed E-state index contributed by atoms with van der Waals surface area (Å²) in [6, 6.07) is 8.14. The zero-order valence-electron chi connectivity index (χ0n) is 10.8. The van der Waals surface area contributed by atoms with Gasteiger partial charge in [-0.05, 0) is 37.9 Å². The molecule has 0 spiro atoms. The average Bonchev–Trinajstić information content (AvgIpc) is 2.49. The molecule has 0 aliphatic carbocycles. The number of piperidine rings is 3. The Morgan fingerprint density at radius 1 is 1.16 bits per heavy atom. The van der Waals surface area contributed by atoms with E-state index in [0.717, 1.165) is 17.3 Å². The van der Waals surface area contributed by atoms with Gasteiger partial charge in [-0.3, -0.25) is 4.90 Å². The van der Waals surface area contributed by atoms with Gasteiger partial charge in [-0.15, -0.1) is 5.10 Å².